The lowest BCUT2D eigenvalue weighted by Crippen LogP contribution is -2.47. The van der Waals surface area contributed by atoms with E-state index in [1.165, 1.54) is 4.90 Å². The summed E-state index contributed by atoms with van der Waals surface area (Å²) in [5.41, 5.74) is -0.655. The molecule has 132 valence electrons. The Hall–Kier alpha value is -1.90. The Morgan fingerprint density at radius 2 is 2.08 bits per heavy atom. The molecule has 1 fully saturated rings. The molecule has 0 atom stereocenters. The first-order chi connectivity index (χ1) is 11.5. The van der Waals surface area contributed by atoms with Crippen molar-refractivity contribution in [2.45, 2.75) is 26.2 Å². The van der Waals surface area contributed by atoms with Gasteiger partial charge in [0, 0.05) is 19.6 Å². The van der Waals surface area contributed by atoms with E-state index >= 15 is 0 Å². The number of rotatable bonds is 6. The normalized spacial score (nSPS) is 16.5. The van der Waals surface area contributed by atoms with Crippen molar-refractivity contribution in [1.82, 2.24) is 14.9 Å². The summed E-state index contributed by atoms with van der Waals surface area (Å²) in [5, 5.41) is 12.2. The number of carboxylic acid groups (broad SMARTS) is 1. The van der Waals surface area contributed by atoms with Crippen LogP contribution >= 0.6 is 15.9 Å². The smallest absolute Gasteiger partial charge is 0.407 e. The van der Waals surface area contributed by atoms with Crippen LogP contribution in [-0.2, 0) is 9.53 Å². The second-order valence-electron chi connectivity index (χ2n) is 5.67. The fraction of sp³-hybridized carbons (Fsp3) is 0.600. The topological polar surface area (TPSA) is 105 Å². The zero-order chi connectivity index (χ0) is 17.6. The lowest BCUT2D eigenvalue weighted by Gasteiger charge is -2.39. The van der Waals surface area contributed by atoms with Crippen LogP contribution in [0.2, 0.25) is 0 Å². The molecule has 0 aromatic carbocycles. The minimum Gasteiger partial charge on any atom is -0.466 e. The highest BCUT2D eigenvalue weighted by atomic mass is 79.9. The number of esters is 1. The summed E-state index contributed by atoms with van der Waals surface area (Å²) in [7, 11) is 0. The Morgan fingerprint density at radius 3 is 2.62 bits per heavy atom. The van der Waals surface area contributed by atoms with E-state index in [-0.39, 0.29) is 5.97 Å². The van der Waals surface area contributed by atoms with E-state index in [9.17, 15) is 9.59 Å². The highest BCUT2D eigenvalue weighted by molar-refractivity contribution is 9.10. The average molecular weight is 401 g/mol. The minimum atomic E-state index is -0.948. The van der Waals surface area contributed by atoms with E-state index in [4.69, 9.17) is 9.84 Å². The van der Waals surface area contributed by atoms with Gasteiger partial charge in [-0.15, -0.1) is 0 Å². The van der Waals surface area contributed by atoms with Crippen LogP contribution < -0.4 is 5.32 Å². The number of nitrogens with one attached hydrogen (secondary N) is 1. The lowest BCUT2D eigenvalue weighted by molar-refractivity contribution is -0.158. The molecule has 2 rings (SSSR count). The molecule has 24 heavy (non-hydrogen) atoms. The molecule has 0 aliphatic carbocycles. The third-order valence-electron chi connectivity index (χ3n) is 4.23. The first-order valence-corrected chi connectivity index (χ1v) is 8.62. The Labute approximate surface area is 148 Å². The van der Waals surface area contributed by atoms with Crippen molar-refractivity contribution >= 4 is 33.8 Å². The van der Waals surface area contributed by atoms with Crippen molar-refractivity contribution in [2.75, 3.05) is 31.6 Å². The molecular formula is C15H21BrN4O4. The van der Waals surface area contributed by atoms with E-state index in [0.29, 0.717) is 55.9 Å². The number of hydrogen-bond acceptors (Lipinski definition) is 6. The quantitative estimate of drug-likeness (QED) is 0.705. The monoisotopic (exact) mass is 400 g/mol. The van der Waals surface area contributed by atoms with Gasteiger partial charge >= 0.3 is 12.1 Å². The zero-order valence-electron chi connectivity index (χ0n) is 13.5. The SMILES string of the molecule is CCOC(=O)C1(CCNc2cnc(Br)cn2)CCN(C(=O)O)CC1. The van der Waals surface area contributed by atoms with Crippen molar-refractivity contribution in [1.29, 1.82) is 0 Å². The van der Waals surface area contributed by atoms with Gasteiger partial charge in [-0.3, -0.25) is 4.79 Å². The molecule has 2 heterocycles. The Kier molecular flexibility index (Phi) is 6.36. The van der Waals surface area contributed by atoms with Gasteiger partial charge in [-0.05, 0) is 42.1 Å². The van der Waals surface area contributed by atoms with Crippen molar-refractivity contribution in [3.63, 3.8) is 0 Å². The van der Waals surface area contributed by atoms with Gasteiger partial charge in [-0.1, -0.05) is 0 Å². The molecule has 0 saturated carbocycles. The van der Waals surface area contributed by atoms with Crippen LogP contribution in [0, 0.1) is 5.41 Å². The summed E-state index contributed by atoms with van der Waals surface area (Å²) < 4.78 is 5.88. The van der Waals surface area contributed by atoms with Crippen LogP contribution in [-0.4, -0.2) is 58.3 Å². The van der Waals surface area contributed by atoms with E-state index in [0.717, 1.165) is 0 Å². The summed E-state index contributed by atoms with van der Waals surface area (Å²) in [6.45, 7) is 3.29. The third-order valence-corrected chi connectivity index (χ3v) is 4.64. The van der Waals surface area contributed by atoms with Crippen molar-refractivity contribution in [3.8, 4) is 0 Å². The summed E-state index contributed by atoms with van der Waals surface area (Å²) in [6, 6.07) is 0. The minimum absolute atomic E-state index is 0.251. The fourth-order valence-electron chi connectivity index (χ4n) is 2.80. The number of piperidine rings is 1. The molecule has 0 unspecified atom stereocenters. The number of amides is 1. The molecule has 1 aromatic rings. The maximum Gasteiger partial charge on any atom is 0.407 e. The number of likely N-dealkylation sites (tertiary alicyclic amines) is 1. The standard InChI is InChI=1S/C15H21BrN4O4/c1-2-24-13(21)15(4-7-20(8-5-15)14(22)23)3-6-17-12-10-18-11(16)9-19-12/h9-10H,2-8H2,1H3,(H,17,19)(H,22,23). The van der Waals surface area contributed by atoms with E-state index in [1.54, 1.807) is 19.3 Å². The molecule has 9 heteroatoms. The van der Waals surface area contributed by atoms with Crippen molar-refractivity contribution in [2.24, 2.45) is 5.41 Å². The summed E-state index contributed by atoms with van der Waals surface area (Å²) in [6.07, 6.45) is 3.73. The number of carbonyl (C=O) groups excluding carboxylic acids is 1. The van der Waals surface area contributed by atoms with Gasteiger partial charge in [-0.25, -0.2) is 14.8 Å². The molecule has 1 saturated heterocycles. The molecule has 1 aromatic heterocycles. The maximum atomic E-state index is 12.4. The van der Waals surface area contributed by atoms with Gasteiger partial charge in [0.25, 0.3) is 0 Å². The predicted molar refractivity (Wildman–Crippen MR) is 90.7 cm³/mol. The Bertz CT molecular complexity index is 573. The summed E-state index contributed by atoms with van der Waals surface area (Å²) in [4.78, 5) is 33.1. The number of nitrogens with zero attached hydrogens (tertiary/aromatic N) is 3. The summed E-state index contributed by atoms with van der Waals surface area (Å²) in [5.74, 6) is 0.374. The van der Waals surface area contributed by atoms with Gasteiger partial charge in [-0.2, -0.15) is 0 Å². The third kappa shape index (κ3) is 4.56. The molecule has 1 aliphatic rings. The molecule has 1 amide bonds. The zero-order valence-corrected chi connectivity index (χ0v) is 15.1. The molecule has 2 N–H and O–H groups in total. The molecule has 0 spiro atoms. The van der Waals surface area contributed by atoms with E-state index in [2.05, 4.69) is 31.2 Å². The number of carbonyl (C=O) groups is 2. The van der Waals surface area contributed by atoms with Gasteiger partial charge in [0.1, 0.15) is 10.4 Å². The van der Waals surface area contributed by atoms with Crippen LogP contribution in [0.25, 0.3) is 0 Å². The summed E-state index contributed by atoms with van der Waals surface area (Å²) >= 11 is 3.22. The first kappa shape index (κ1) is 18.4. The number of halogens is 1. The number of hydrogen-bond donors (Lipinski definition) is 2. The number of aromatic nitrogens is 2. The molecule has 8 nitrogen and oxygen atoms in total. The lowest BCUT2D eigenvalue weighted by atomic mass is 9.75. The van der Waals surface area contributed by atoms with Crippen molar-refractivity contribution < 1.29 is 19.4 Å². The Morgan fingerprint density at radius 1 is 1.38 bits per heavy atom. The van der Waals surface area contributed by atoms with Gasteiger partial charge in [0.05, 0.1) is 24.4 Å². The van der Waals surface area contributed by atoms with Gasteiger partial charge in [0.15, 0.2) is 0 Å². The average Bonchev–Trinajstić information content (AvgIpc) is 2.57. The maximum absolute atomic E-state index is 12.4. The van der Waals surface area contributed by atoms with Crippen LogP contribution in [0.15, 0.2) is 17.0 Å². The highest BCUT2D eigenvalue weighted by Crippen LogP contribution is 2.36. The first-order valence-electron chi connectivity index (χ1n) is 7.83. The number of ether oxygens (including phenoxy) is 1. The highest BCUT2D eigenvalue weighted by Gasteiger charge is 2.43. The molecular weight excluding hydrogens is 380 g/mol. The Balaban J connectivity index is 1.97. The second kappa shape index (κ2) is 8.27. The van der Waals surface area contributed by atoms with Crippen LogP contribution in [0.1, 0.15) is 26.2 Å². The molecule has 1 aliphatic heterocycles. The predicted octanol–water partition coefficient (Wildman–Crippen LogP) is 2.36. The van der Waals surface area contributed by atoms with E-state index in [1.807, 2.05) is 0 Å². The van der Waals surface area contributed by atoms with Crippen LogP contribution in [0.4, 0.5) is 10.6 Å². The number of anilines is 1. The largest absolute Gasteiger partial charge is 0.466 e. The van der Waals surface area contributed by atoms with Gasteiger partial charge in [0.2, 0.25) is 0 Å². The second-order valence-corrected chi connectivity index (χ2v) is 6.48. The van der Waals surface area contributed by atoms with Crippen LogP contribution in [0.3, 0.4) is 0 Å². The van der Waals surface area contributed by atoms with Crippen LogP contribution in [0.5, 0.6) is 0 Å². The van der Waals surface area contributed by atoms with Crippen molar-refractivity contribution in [3.05, 3.63) is 17.0 Å². The van der Waals surface area contributed by atoms with Gasteiger partial charge < -0.3 is 20.1 Å². The molecule has 0 bridgehead atoms. The molecule has 0 radical (unpaired) electrons. The fourth-order valence-corrected chi connectivity index (χ4v) is 3.00. The van der Waals surface area contributed by atoms with E-state index < -0.39 is 11.5 Å².